The van der Waals surface area contributed by atoms with E-state index in [9.17, 15) is 14.4 Å². The highest BCUT2D eigenvalue weighted by Gasteiger charge is 2.19. The van der Waals surface area contributed by atoms with Crippen LogP contribution in [0, 0.1) is 0 Å². The molecule has 0 aromatic rings. The lowest BCUT2D eigenvalue weighted by molar-refractivity contribution is -0.167. The summed E-state index contributed by atoms with van der Waals surface area (Å²) in [5.41, 5.74) is 0. The largest absolute Gasteiger partial charge is 0.462 e. The second-order valence-corrected chi connectivity index (χ2v) is 22.0. The van der Waals surface area contributed by atoms with Gasteiger partial charge in [0.15, 0.2) is 6.10 Å². The van der Waals surface area contributed by atoms with Crippen molar-refractivity contribution in [2.75, 3.05) is 13.2 Å². The highest BCUT2D eigenvalue weighted by Crippen LogP contribution is 2.18. The molecule has 0 aromatic carbocycles. The molecule has 71 heavy (non-hydrogen) atoms. The van der Waals surface area contributed by atoms with Crippen molar-refractivity contribution >= 4 is 17.9 Å². The van der Waals surface area contributed by atoms with Gasteiger partial charge < -0.3 is 14.2 Å². The Kier molecular flexibility index (Phi) is 59.1. The fraction of sp³-hybridized carbons (Fsp3) is 0.923. The number of hydrogen-bond acceptors (Lipinski definition) is 6. The van der Waals surface area contributed by atoms with Crippen molar-refractivity contribution in [3.8, 4) is 0 Å². The van der Waals surface area contributed by atoms with Crippen LogP contribution in [0.1, 0.15) is 367 Å². The number of esters is 3. The molecule has 0 aliphatic heterocycles. The lowest BCUT2D eigenvalue weighted by Crippen LogP contribution is -2.30. The van der Waals surface area contributed by atoms with Crippen LogP contribution in [-0.2, 0) is 28.6 Å². The minimum absolute atomic E-state index is 0.0661. The lowest BCUT2D eigenvalue weighted by atomic mass is 10.0. The first kappa shape index (κ1) is 69.2. The van der Waals surface area contributed by atoms with E-state index in [1.165, 1.54) is 263 Å². The van der Waals surface area contributed by atoms with Gasteiger partial charge in [0.1, 0.15) is 13.2 Å². The molecule has 6 nitrogen and oxygen atoms in total. The van der Waals surface area contributed by atoms with Crippen LogP contribution in [0.3, 0.4) is 0 Å². The van der Waals surface area contributed by atoms with Crippen LogP contribution in [0.5, 0.6) is 0 Å². The third-order valence-corrected chi connectivity index (χ3v) is 14.8. The molecule has 6 heteroatoms. The number of allylic oxidation sites excluding steroid dienone is 2. The van der Waals surface area contributed by atoms with E-state index in [0.717, 1.165) is 64.2 Å². The summed E-state index contributed by atoms with van der Waals surface area (Å²) >= 11 is 0. The van der Waals surface area contributed by atoms with E-state index >= 15 is 0 Å². The predicted octanol–water partition coefficient (Wildman–Crippen LogP) is 21.7. The zero-order chi connectivity index (χ0) is 51.4. The van der Waals surface area contributed by atoms with Crippen LogP contribution in [-0.4, -0.2) is 37.2 Å². The van der Waals surface area contributed by atoms with Gasteiger partial charge in [-0.3, -0.25) is 14.4 Å². The Morgan fingerprint density at radius 1 is 0.268 bits per heavy atom. The first-order chi connectivity index (χ1) is 35.0. The Hall–Kier alpha value is -1.85. The van der Waals surface area contributed by atoms with Crippen LogP contribution in [0.2, 0.25) is 0 Å². The van der Waals surface area contributed by atoms with Gasteiger partial charge in [-0.2, -0.15) is 0 Å². The van der Waals surface area contributed by atoms with Crippen molar-refractivity contribution in [2.45, 2.75) is 374 Å². The van der Waals surface area contributed by atoms with Crippen LogP contribution in [0.25, 0.3) is 0 Å². The quantitative estimate of drug-likeness (QED) is 0.0261. The van der Waals surface area contributed by atoms with Crippen molar-refractivity contribution in [1.29, 1.82) is 0 Å². The Morgan fingerprint density at radius 2 is 0.465 bits per heavy atom. The summed E-state index contributed by atoms with van der Waals surface area (Å²) < 4.78 is 16.9. The molecular formula is C65H124O6. The third-order valence-electron chi connectivity index (χ3n) is 14.8. The second kappa shape index (κ2) is 60.7. The highest BCUT2D eigenvalue weighted by atomic mass is 16.6. The number of carbonyl (C=O) groups is 3. The lowest BCUT2D eigenvalue weighted by Gasteiger charge is -2.18. The second-order valence-electron chi connectivity index (χ2n) is 22.0. The molecule has 0 amide bonds. The Labute approximate surface area is 443 Å². The molecule has 0 aromatic heterocycles. The van der Waals surface area contributed by atoms with Crippen LogP contribution < -0.4 is 0 Å². The first-order valence-electron chi connectivity index (χ1n) is 32.2. The van der Waals surface area contributed by atoms with E-state index in [2.05, 4.69) is 32.9 Å². The molecule has 0 aliphatic rings. The number of ether oxygens (including phenoxy) is 3. The maximum absolute atomic E-state index is 12.9. The number of carbonyl (C=O) groups excluding carboxylic acids is 3. The summed E-state index contributed by atoms with van der Waals surface area (Å²) in [6, 6.07) is 0. The molecule has 0 aliphatic carbocycles. The minimum atomic E-state index is -0.768. The van der Waals surface area contributed by atoms with Gasteiger partial charge in [0.25, 0.3) is 0 Å². The molecule has 0 rings (SSSR count). The maximum atomic E-state index is 12.9. The molecule has 0 saturated carbocycles. The monoisotopic (exact) mass is 1000 g/mol. The molecule has 420 valence electrons. The molecule has 0 spiro atoms. The van der Waals surface area contributed by atoms with Gasteiger partial charge in [0.2, 0.25) is 0 Å². The molecule has 1 unspecified atom stereocenters. The smallest absolute Gasteiger partial charge is 0.306 e. The van der Waals surface area contributed by atoms with Crippen molar-refractivity contribution in [1.82, 2.24) is 0 Å². The fourth-order valence-corrected chi connectivity index (χ4v) is 9.91. The summed E-state index contributed by atoms with van der Waals surface area (Å²) in [7, 11) is 0. The summed E-state index contributed by atoms with van der Waals surface area (Å²) in [5.74, 6) is -0.846. The summed E-state index contributed by atoms with van der Waals surface area (Å²) in [4.78, 5) is 38.2. The van der Waals surface area contributed by atoms with E-state index in [4.69, 9.17) is 14.2 Å². The van der Waals surface area contributed by atoms with Crippen LogP contribution >= 0.6 is 0 Å². The zero-order valence-electron chi connectivity index (χ0n) is 48.3. The molecule has 0 fully saturated rings. The van der Waals surface area contributed by atoms with Gasteiger partial charge in [-0.15, -0.1) is 0 Å². The zero-order valence-corrected chi connectivity index (χ0v) is 48.3. The van der Waals surface area contributed by atoms with E-state index in [0.29, 0.717) is 19.3 Å². The average molecular weight is 1000 g/mol. The number of hydrogen-bond donors (Lipinski definition) is 0. The molecule has 0 bridgehead atoms. The first-order valence-corrected chi connectivity index (χ1v) is 32.2. The van der Waals surface area contributed by atoms with Gasteiger partial charge in [0.05, 0.1) is 0 Å². The van der Waals surface area contributed by atoms with E-state index in [-0.39, 0.29) is 31.1 Å². The molecule has 0 heterocycles. The van der Waals surface area contributed by atoms with E-state index in [1.54, 1.807) is 0 Å². The molecule has 0 saturated heterocycles. The SMILES string of the molecule is CCCCC/C=C\CCCCCCCC(=O)OCC(COC(=O)CCCCCCCCCCCCCCCCCCCCCCCCC)OC(=O)CCCCCCCCCCCCCCCCCCCC. The van der Waals surface area contributed by atoms with Gasteiger partial charge in [0, 0.05) is 19.3 Å². The Balaban J connectivity index is 4.21. The highest BCUT2D eigenvalue weighted by molar-refractivity contribution is 5.71. The van der Waals surface area contributed by atoms with Crippen molar-refractivity contribution in [2.24, 2.45) is 0 Å². The van der Waals surface area contributed by atoms with Crippen LogP contribution in [0.15, 0.2) is 12.2 Å². The average Bonchev–Trinajstić information content (AvgIpc) is 3.37. The summed E-state index contributed by atoms with van der Waals surface area (Å²) in [6.45, 7) is 6.69. The van der Waals surface area contributed by atoms with Crippen molar-refractivity contribution < 1.29 is 28.6 Å². The van der Waals surface area contributed by atoms with E-state index < -0.39 is 6.10 Å². The normalized spacial score (nSPS) is 12.0. The maximum Gasteiger partial charge on any atom is 0.306 e. The molecular weight excluding hydrogens is 877 g/mol. The predicted molar refractivity (Wildman–Crippen MR) is 307 cm³/mol. The number of unbranched alkanes of at least 4 members (excludes halogenated alkanes) is 47. The van der Waals surface area contributed by atoms with Crippen molar-refractivity contribution in [3.05, 3.63) is 12.2 Å². The number of rotatable bonds is 60. The molecule has 0 radical (unpaired) electrons. The topological polar surface area (TPSA) is 78.9 Å². The summed E-state index contributed by atoms with van der Waals surface area (Å²) in [6.07, 6.45) is 70.8. The Bertz CT molecular complexity index is 1100. The Morgan fingerprint density at radius 3 is 0.732 bits per heavy atom. The molecule has 1 atom stereocenters. The van der Waals surface area contributed by atoms with Crippen LogP contribution in [0.4, 0.5) is 0 Å². The standard InChI is InChI=1S/C65H124O6/c1-4-7-10-13-16-19-22-25-27-29-31-32-33-34-35-37-38-40-43-46-49-52-55-58-64(67)70-61-62(60-69-63(66)57-54-51-48-45-42-24-21-18-15-12-9-6-3)71-65(68)59-56-53-50-47-44-41-39-36-30-28-26-23-20-17-14-11-8-5-2/h18,21,62H,4-17,19-20,22-61H2,1-3H3/b21-18-. The van der Waals surface area contributed by atoms with E-state index in [1.807, 2.05) is 0 Å². The summed E-state index contributed by atoms with van der Waals surface area (Å²) in [5, 5.41) is 0. The van der Waals surface area contributed by atoms with Gasteiger partial charge in [-0.1, -0.05) is 315 Å². The fourth-order valence-electron chi connectivity index (χ4n) is 9.91. The van der Waals surface area contributed by atoms with Crippen molar-refractivity contribution in [3.63, 3.8) is 0 Å². The minimum Gasteiger partial charge on any atom is -0.462 e. The molecule has 0 N–H and O–H groups in total. The third kappa shape index (κ3) is 58.9. The van der Waals surface area contributed by atoms with Gasteiger partial charge in [-0.25, -0.2) is 0 Å². The van der Waals surface area contributed by atoms with Gasteiger partial charge in [-0.05, 0) is 44.9 Å². The van der Waals surface area contributed by atoms with Gasteiger partial charge >= 0.3 is 17.9 Å².